The molecule has 17 heavy (non-hydrogen) atoms. The van der Waals surface area contributed by atoms with Crippen LogP contribution in [-0.4, -0.2) is 14.8 Å². The minimum Gasteiger partial charge on any atom is -0.361 e. The number of hydrogen-bond donors (Lipinski definition) is 1. The number of fused-ring (bicyclic) bond motifs is 1. The van der Waals surface area contributed by atoms with Gasteiger partial charge in [-0.1, -0.05) is 18.2 Å². The molecule has 0 aliphatic heterocycles. The number of hydrogen-bond acceptors (Lipinski definition) is 1. The fourth-order valence-electron chi connectivity index (χ4n) is 2.16. The fraction of sp³-hybridized carbons (Fsp3) is 0.214. The second-order valence-electron chi connectivity index (χ2n) is 4.39. The Morgan fingerprint density at radius 2 is 2.18 bits per heavy atom. The zero-order valence-electron chi connectivity index (χ0n) is 9.85. The van der Waals surface area contributed by atoms with Crippen LogP contribution in [0.15, 0.2) is 42.9 Å². The Bertz CT molecular complexity index is 634. The van der Waals surface area contributed by atoms with Gasteiger partial charge in [-0.05, 0) is 30.5 Å². The normalized spacial score (nSPS) is 11.1. The maximum atomic E-state index is 4.30. The van der Waals surface area contributed by atoms with Crippen molar-refractivity contribution in [2.45, 2.75) is 19.9 Å². The highest BCUT2D eigenvalue weighted by Gasteiger charge is 2.03. The first-order valence-electron chi connectivity index (χ1n) is 5.87. The van der Waals surface area contributed by atoms with Gasteiger partial charge in [-0.2, -0.15) is 5.10 Å². The lowest BCUT2D eigenvalue weighted by atomic mass is 10.1. The number of aromatic amines is 1. The minimum atomic E-state index is 0.926. The number of rotatable bonds is 3. The van der Waals surface area contributed by atoms with E-state index in [2.05, 4.69) is 53.7 Å². The predicted octanol–water partition coefficient (Wildman–Crippen LogP) is 2.92. The van der Waals surface area contributed by atoms with Crippen molar-refractivity contribution < 1.29 is 0 Å². The molecule has 3 aromatic rings. The topological polar surface area (TPSA) is 33.6 Å². The Labute approximate surface area is 100 Å². The maximum Gasteiger partial charge on any atom is 0.0518 e. The van der Waals surface area contributed by atoms with E-state index in [9.17, 15) is 0 Å². The quantitative estimate of drug-likeness (QED) is 0.730. The van der Waals surface area contributed by atoms with Crippen molar-refractivity contribution in [1.29, 1.82) is 0 Å². The Balaban J connectivity index is 1.81. The molecule has 3 rings (SSSR count). The van der Waals surface area contributed by atoms with Gasteiger partial charge in [0.05, 0.1) is 6.20 Å². The number of aromatic nitrogens is 3. The van der Waals surface area contributed by atoms with Crippen molar-refractivity contribution in [3.63, 3.8) is 0 Å². The predicted molar refractivity (Wildman–Crippen MR) is 69.0 cm³/mol. The van der Waals surface area contributed by atoms with E-state index in [1.807, 2.05) is 10.9 Å². The molecule has 0 amide bonds. The van der Waals surface area contributed by atoms with Crippen molar-refractivity contribution in [1.82, 2.24) is 14.8 Å². The van der Waals surface area contributed by atoms with Gasteiger partial charge in [0.25, 0.3) is 0 Å². The van der Waals surface area contributed by atoms with Gasteiger partial charge in [-0.25, -0.2) is 0 Å². The molecule has 0 spiro atoms. The molecule has 1 aromatic carbocycles. The molecule has 0 fully saturated rings. The standard InChI is InChI=1S/C14H15N3/c1-11-8-16-17(10-11)7-6-12-9-15-14-5-3-2-4-13(12)14/h2-5,8-10,15H,6-7H2,1H3. The van der Waals surface area contributed by atoms with Crippen LogP contribution in [0.25, 0.3) is 10.9 Å². The highest BCUT2D eigenvalue weighted by Crippen LogP contribution is 2.18. The van der Waals surface area contributed by atoms with E-state index in [0.29, 0.717) is 0 Å². The largest absolute Gasteiger partial charge is 0.361 e. The van der Waals surface area contributed by atoms with Crippen LogP contribution in [0.4, 0.5) is 0 Å². The summed E-state index contributed by atoms with van der Waals surface area (Å²) in [4.78, 5) is 3.30. The molecule has 1 N–H and O–H groups in total. The van der Waals surface area contributed by atoms with Crippen LogP contribution in [0.5, 0.6) is 0 Å². The van der Waals surface area contributed by atoms with Gasteiger partial charge < -0.3 is 4.98 Å². The van der Waals surface area contributed by atoms with Gasteiger partial charge in [0.15, 0.2) is 0 Å². The monoisotopic (exact) mass is 225 g/mol. The molecule has 86 valence electrons. The van der Waals surface area contributed by atoms with Crippen LogP contribution >= 0.6 is 0 Å². The van der Waals surface area contributed by atoms with Crippen LogP contribution in [-0.2, 0) is 13.0 Å². The summed E-state index contributed by atoms with van der Waals surface area (Å²) >= 11 is 0. The van der Waals surface area contributed by atoms with Crippen molar-refractivity contribution in [3.8, 4) is 0 Å². The van der Waals surface area contributed by atoms with Gasteiger partial charge in [0.2, 0.25) is 0 Å². The average molecular weight is 225 g/mol. The lowest BCUT2D eigenvalue weighted by molar-refractivity contribution is 0.616. The zero-order valence-corrected chi connectivity index (χ0v) is 9.85. The Kier molecular flexibility index (Phi) is 2.44. The molecular weight excluding hydrogens is 210 g/mol. The van der Waals surface area contributed by atoms with E-state index in [0.717, 1.165) is 13.0 Å². The first-order chi connectivity index (χ1) is 8.33. The SMILES string of the molecule is Cc1cnn(CCc2c[nH]c3ccccc23)c1. The van der Waals surface area contributed by atoms with Crippen LogP contribution in [0, 0.1) is 6.92 Å². The van der Waals surface area contributed by atoms with Gasteiger partial charge in [-0.3, -0.25) is 4.68 Å². The van der Waals surface area contributed by atoms with Crippen LogP contribution in [0.1, 0.15) is 11.1 Å². The van der Waals surface area contributed by atoms with E-state index in [1.54, 1.807) is 0 Å². The van der Waals surface area contributed by atoms with E-state index >= 15 is 0 Å². The number of nitrogens with zero attached hydrogens (tertiary/aromatic N) is 2. The molecule has 0 saturated heterocycles. The molecule has 0 aliphatic rings. The second kappa shape index (κ2) is 4.09. The molecule has 2 aromatic heterocycles. The maximum absolute atomic E-state index is 4.30. The molecule has 0 unspecified atom stereocenters. The summed E-state index contributed by atoms with van der Waals surface area (Å²) in [6.07, 6.45) is 7.08. The molecule has 3 heteroatoms. The third kappa shape index (κ3) is 1.96. The lowest BCUT2D eigenvalue weighted by Crippen LogP contribution is -2.01. The van der Waals surface area contributed by atoms with E-state index in [-0.39, 0.29) is 0 Å². The smallest absolute Gasteiger partial charge is 0.0518 e. The molecule has 3 nitrogen and oxygen atoms in total. The van der Waals surface area contributed by atoms with Crippen molar-refractivity contribution in [2.75, 3.05) is 0 Å². The molecule has 0 bridgehead atoms. The Hall–Kier alpha value is -2.03. The summed E-state index contributed by atoms with van der Waals surface area (Å²) in [5.74, 6) is 0. The first kappa shape index (κ1) is 10.1. The highest BCUT2D eigenvalue weighted by atomic mass is 15.3. The summed E-state index contributed by atoms with van der Waals surface area (Å²) in [6.45, 7) is 2.99. The van der Waals surface area contributed by atoms with Crippen molar-refractivity contribution >= 4 is 10.9 Å². The van der Waals surface area contributed by atoms with Crippen molar-refractivity contribution in [3.05, 3.63) is 54.0 Å². The zero-order chi connectivity index (χ0) is 11.7. The third-order valence-corrected chi connectivity index (χ3v) is 3.05. The van der Waals surface area contributed by atoms with Gasteiger partial charge in [0.1, 0.15) is 0 Å². The summed E-state index contributed by atoms with van der Waals surface area (Å²) in [5, 5.41) is 5.62. The van der Waals surface area contributed by atoms with Crippen LogP contribution < -0.4 is 0 Å². The third-order valence-electron chi connectivity index (χ3n) is 3.05. The number of aryl methyl sites for hydroxylation is 3. The Morgan fingerprint density at radius 1 is 1.29 bits per heavy atom. The first-order valence-corrected chi connectivity index (χ1v) is 5.87. The molecular formula is C14H15N3. The number of benzene rings is 1. The number of nitrogens with one attached hydrogen (secondary N) is 1. The van der Waals surface area contributed by atoms with E-state index in [1.165, 1.54) is 22.0 Å². The summed E-state index contributed by atoms with van der Waals surface area (Å²) in [6, 6.07) is 8.41. The fourth-order valence-corrected chi connectivity index (χ4v) is 2.16. The summed E-state index contributed by atoms with van der Waals surface area (Å²) < 4.78 is 2.00. The molecule has 0 aliphatic carbocycles. The number of H-pyrrole nitrogens is 1. The van der Waals surface area contributed by atoms with Crippen LogP contribution in [0.3, 0.4) is 0 Å². The minimum absolute atomic E-state index is 0.926. The van der Waals surface area contributed by atoms with Crippen LogP contribution in [0.2, 0.25) is 0 Å². The molecule has 2 heterocycles. The second-order valence-corrected chi connectivity index (χ2v) is 4.39. The average Bonchev–Trinajstić information content (AvgIpc) is 2.93. The number of para-hydroxylation sites is 1. The van der Waals surface area contributed by atoms with E-state index < -0.39 is 0 Å². The summed E-state index contributed by atoms with van der Waals surface area (Å²) in [5.41, 5.74) is 3.77. The van der Waals surface area contributed by atoms with Gasteiger partial charge in [-0.15, -0.1) is 0 Å². The van der Waals surface area contributed by atoms with E-state index in [4.69, 9.17) is 0 Å². The molecule has 0 atom stereocenters. The lowest BCUT2D eigenvalue weighted by Gasteiger charge is -2.00. The highest BCUT2D eigenvalue weighted by molar-refractivity contribution is 5.82. The molecule has 0 saturated carbocycles. The Morgan fingerprint density at radius 3 is 3.00 bits per heavy atom. The van der Waals surface area contributed by atoms with Crippen molar-refractivity contribution in [2.24, 2.45) is 0 Å². The van der Waals surface area contributed by atoms with Gasteiger partial charge in [0, 0.05) is 29.8 Å². The van der Waals surface area contributed by atoms with Gasteiger partial charge >= 0.3 is 0 Å². The molecule has 0 radical (unpaired) electrons. The summed E-state index contributed by atoms with van der Waals surface area (Å²) in [7, 11) is 0.